The number of nitrogens with zero attached hydrogens (tertiary/aromatic N) is 1. The molecule has 0 bridgehead atoms. The van der Waals surface area contributed by atoms with Crippen LogP contribution in [0.2, 0.25) is 0 Å². The summed E-state index contributed by atoms with van der Waals surface area (Å²) in [6.45, 7) is 0.258. The second-order valence-electron chi connectivity index (χ2n) is 3.37. The molecule has 1 N–H and O–H groups in total. The molecule has 0 aliphatic carbocycles. The molecule has 3 rings (SSSR count). The molecule has 1 aromatic heterocycles. The molecular formula is C11H10N2O2. The Morgan fingerprint density at radius 2 is 2.40 bits per heavy atom. The van der Waals surface area contributed by atoms with Crippen molar-refractivity contribution in [3.05, 3.63) is 54.3 Å². The van der Waals surface area contributed by atoms with Crippen LogP contribution in [0, 0.1) is 0 Å². The second kappa shape index (κ2) is 3.10. The van der Waals surface area contributed by atoms with E-state index >= 15 is 0 Å². The quantitative estimate of drug-likeness (QED) is 0.744. The van der Waals surface area contributed by atoms with Crippen molar-refractivity contribution < 1.29 is 9.47 Å². The molecular weight excluding hydrogens is 192 g/mol. The Morgan fingerprint density at radius 1 is 1.40 bits per heavy atom. The van der Waals surface area contributed by atoms with Gasteiger partial charge in [0.2, 0.25) is 0 Å². The lowest BCUT2D eigenvalue weighted by Crippen LogP contribution is -2.29. The summed E-state index contributed by atoms with van der Waals surface area (Å²) >= 11 is 0. The van der Waals surface area contributed by atoms with Crippen LogP contribution < -0.4 is 5.32 Å². The number of ether oxygens (including phenoxy) is 2. The number of aromatic nitrogens is 1. The SMILES string of the molecule is C1=C[C@]2(c3ccccn3)OCOC2=CN1. The number of dihydropyridines is 1. The lowest BCUT2D eigenvalue weighted by atomic mass is 9.95. The molecule has 76 valence electrons. The maximum absolute atomic E-state index is 5.65. The van der Waals surface area contributed by atoms with E-state index < -0.39 is 5.60 Å². The lowest BCUT2D eigenvalue weighted by Gasteiger charge is -2.24. The molecule has 3 heterocycles. The van der Waals surface area contributed by atoms with Gasteiger partial charge in [-0.1, -0.05) is 6.07 Å². The lowest BCUT2D eigenvalue weighted by molar-refractivity contribution is 0.0131. The minimum absolute atomic E-state index is 0.258. The highest BCUT2D eigenvalue weighted by Crippen LogP contribution is 2.40. The third kappa shape index (κ3) is 1.15. The molecule has 4 nitrogen and oxygen atoms in total. The number of hydrogen-bond acceptors (Lipinski definition) is 4. The van der Waals surface area contributed by atoms with Gasteiger partial charge in [0.25, 0.3) is 0 Å². The Bertz CT molecular complexity index is 427. The maximum atomic E-state index is 5.65. The van der Waals surface area contributed by atoms with Crippen LogP contribution in [0.1, 0.15) is 5.69 Å². The van der Waals surface area contributed by atoms with Crippen molar-refractivity contribution in [1.29, 1.82) is 0 Å². The van der Waals surface area contributed by atoms with Gasteiger partial charge in [0.15, 0.2) is 18.2 Å². The van der Waals surface area contributed by atoms with E-state index in [1.807, 2.05) is 30.5 Å². The first-order chi connectivity index (χ1) is 7.42. The van der Waals surface area contributed by atoms with Gasteiger partial charge in [-0.3, -0.25) is 4.98 Å². The predicted octanol–water partition coefficient (Wildman–Crippen LogP) is 1.24. The topological polar surface area (TPSA) is 43.4 Å². The van der Waals surface area contributed by atoms with E-state index in [1.165, 1.54) is 0 Å². The fourth-order valence-electron chi connectivity index (χ4n) is 1.80. The first kappa shape index (κ1) is 8.49. The first-order valence-electron chi connectivity index (χ1n) is 4.74. The average Bonchev–Trinajstić information content (AvgIpc) is 2.75. The fraction of sp³-hybridized carbons (Fsp3) is 0.182. The molecule has 2 aliphatic rings. The zero-order valence-corrected chi connectivity index (χ0v) is 8.01. The third-order valence-electron chi connectivity index (χ3n) is 2.54. The van der Waals surface area contributed by atoms with Crippen LogP contribution in [0.3, 0.4) is 0 Å². The average molecular weight is 202 g/mol. The highest BCUT2D eigenvalue weighted by Gasteiger charge is 2.44. The van der Waals surface area contributed by atoms with E-state index in [0.717, 1.165) is 11.5 Å². The summed E-state index contributed by atoms with van der Waals surface area (Å²) in [7, 11) is 0. The molecule has 1 saturated heterocycles. The smallest absolute Gasteiger partial charge is 0.192 e. The molecule has 15 heavy (non-hydrogen) atoms. The summed E-state index contributed by atoms with van der Waals surface area (Å²) in [5, 5.41) is 2.98. The summed E-state index contributed by atoms with van der Waals surface area (Å²) < 4.78 is 11.1. The Kier molecular flexibility index (Phi) is 1.76. The molecule has 0 spiro atoms. The van der Waals surface area contributed by atoms with Crippen LogP contribution in [0.25, 0.3) is 0 Å². The van der Waals surface area contributed by atoms with Gasteiger partial charge in [0, 0.05) is 18.6 Å². The zero-order chi connectivity index (χ0) is 10.1. The van der Waals surface area contributed by atoms with Crippen LogP contribution in [-0.2, 0) is 15.1 Å². The Morgan fingerprint density at radius 3 is 3.27 bits per heavy atom. The van der Waals surface area contributed by atoms with Crippen molar-refractivity contribution in [3.63, 3.8) is 0 Å². The molecule has 0 unspecified atom stereocenters. The van der Waals surface area contributed by atoms with Gasteiger partial charge in [-0.05, 0) is 18.2 Å². The first-order valence-corrected chi connectivity index (χ1v) is 4.74. The Hall–Kier alpha value is -1.81. The Labute approximate surface area is 87.2 Å². The summed E-state index contributed by atoms with van der Waals surface area (Å²) in [6.07, 6.45) is 7.28. The van der Waals surface area contributed by atoms with Gasteiger partial charge in [-0.15, -0.1) is 0 Å². The minimum atomic E-state index is -0.632. The number of rotatable bonds is 1. The number of nitrogens with one attached hydrogen (secondary N) is 1. The summed E-state index contributed by atoms with van der Waals surface area (Å²) in [4.78, 5) is 4.31. The van der Waals surface area contributed by atoms with E-state index in [-0.39, 0.29) is 6.79 Å². The standard InChI is InChI=1S/C11H10N2O2/c1-2-5-13-9(3-1)11-4-6-12-7-10(11)14-8-15-11/h1-7,12H,8H2/t11-/m1/s1. The van der Waals surface area contributed by atoms with Gasteiger partial charge in [0.05, 0.1) is 5.69 Å². The van der Waals surface area contributed by atoms with Crippen LogP contribution >= 0.6 is 0 Å². The van der Waals surface area contributed by atoms with Crippen molar-refractivity contribution in [2.45, 2.75) is 5.60 Å². The van der Waals surface area contributed by atoms with Gasteiger partial charge in [-0.2, -0.15) is 0 Å². The molecule has 0 aromatic carbocycles. The number of fused-ring (bicyclic) bond motifs is 1. The fourth-order valence-corrected chi connectivity index (χ4v) is 1.80. The molecule has 1 aromatic rings. The molecule has 1 atom stereocenters. The normalized spacial score (nSPS) is 27.6. The van der Waals surface area contributed by atoms with Crippen molar-refractivity contribution in [1.82, 2.24) is 10.3 Å². The van der Waals surface area contributed by atoms with Gasteiger partial charge in [0.1, 0.15) is 0 Å². The van der Waals surface area contributed by atoms with Gasteiger partial charge >= 0.3 is 0 Å². The molecule has 0 amide bonds. The highest BCUT2D eigenvalue weighted by atomic mass is 16.7. The summed E-state index contributed by atoms with van der Waals surface area (Å²) in [5.74, 6) is 0.753. The third-order valence-corrected chi connectivity index (χ3v) is 2.54. The van der Waals surface area contributed by atoms with Gasteiger partial charge in [-0.25, -0.2) is 0 Å². The molecule has 0 radical (unpaired) electrons. The summed E-state index contributed by atoms with van der Waals surface area (Å²) in [5.41, 5.74) is 0.207. The zero-order valence-electron chi connectivity index (χ0n) is 8.01. The number of pyridine rings is 1. The van der Waals surface area contributed by atoms with Crippen molar-refractivity contribution in [3.8, 4) is 0 Å². The van der Waals surface area contributed by atoms with E-state index in [1.54, 1.807) is 12.4 Å². The molecule has 1 fully saturated rings. The van der Waals surface area contributed by atoms with E-state index in [2.05, 4.69) is 10.3 Å². The maximum Gasteiger partial charge on any atom is 0.192 e. The molecule has 4 heteroatoms. The van der Waals surface area contributed by atoms with Crippen molar-refractivity contribution in [2.24, 2.45) is 0 Å². The predicted molar refractivity (Wildman–Crippen MR) is 53.3 cm³/mol. The molecule has 2 aliphatic heterocycles. The summed E-state index contributed by atoms with van der Waals surface area (Å²) in [6, 6.07) is 5.74. The van der Waals surface area contributed by atoms with Crippen molar-refractivity contribution >= 4 is 0 Å². The van der Waals surface area contributed by atoms with Crippen LogP contribution in [-0.4, -0.2) is 11.8 Å². The van der Waals surface area contributed by atoms with E-state index in [0.29, 0.717) is 0 Å². The highest BCUT2D eigenvalue weighted by molar-refractivity contribution is 5.35. The molecule has 0 saturated carbocycles. The number of hydrogen-bond donors (Lipinski definition) is 1. The van der Waals surface area contributed by atoms with Gasteiger partial charge < -0.3 is 14.8 Å². The largest absolute Gasteiger partial charge is 0.466 e. The van der Waals surface area contributed by atoms with Crippen molar-refractivity contribution in [2.75, 3.05) is 6.79 Å². The Balaban J connectivity index is 2.12. The van der Waals surface area contributed by atoms with E-state index in [9.17, 15) is 0 Å². The monoisotopic (exact) mass is 202 g/mol. The van der Waals surface area contributed by atoms with Crippen LogP contribution in [0.5, 0.6) is 0 Å². The minimum Gasteiger partial charge on any atom is -0.466 e. The van der Waals surface area contributed by atoms with Crippen LogP contribution in [0.4, 0.5) is 0 Å². The second-order valence-corrected chi connectivity index (χ2v) is 3.37. The van der Waals surface area contributed by atoms with E-state index in [4.69, 9.17) is 9.47 Å². The van der Waals surface area contributed by atoms with Crippen LogP contribution in [0.15, 0.2) is 48.6 Å².